The highest BCUT2D eigenvalue weighted by molar-refractivity contribution is 6.33. The number of nitriles is 1. The van der Waals surface area contributed by atoms with E-state index in [4.69, 9.17) is 16.3 Å². The van der Waals surface area contributed by atoms with E-state index in [2.05, 4.69) is 11.4 Å². The van der Waals surface area contributed by atoms with E-state index in [0.29, 0.717) is 29.4 Å². The molecule has 0 saturated heterocycles. The lowest BCUT2D eigenvalue weighted by Crippen LogP contribution is -2.49. The molecule has 0 spiro atoms. The minimum absolute atomic E-state index is 0.129. The molecule has 0 bridgehead atoms. The predicted molar refractivity (Wildman–Crippen MR) is 158 cm³/mol. The fourth-order valence-corrected chi connectivity index (χ4v) is 4.66. The van der Waals surface area contributed by atoms with Gasteiger partial charge in [-0.15, -0.1) is 0 Å². The Balaban J connectivity index is 1.69. The average molecular weight is 583 g/mol. The number of ether oxygens (including phenoxy) is 1. The van der Waals surface area contributed by atoms with Gasteiger partial charge in [-0.05, 0) is 63.9 Å². The molecule has 1 aliphatic rings. The second kappa shape index (κ2) is 13.7. The van der Waals surface area contributed by atoms with Crippen molar-refractivity contribution >= 4 is 35.2 Å². The summed E-state index contributed by atoms with van der Waals surface area (Å²) in [6.07, 6.45) is -0.457. The first-order chi connectivity index (χ1) is 19.3. The SMILES string of the molecule is CC(C)N(CCNC(=O)CN(CC(=O)N(C)N1Cc2ccccc2C1)c1cc(C#N)ccc1Cl)C(=O)OC(C)(C)C. The molecule has 10 nitrogen and oxygen atoms in total. The monoisotopic (exact) mass is 582 g/mol. The van der Waals surface area contributed by atoms with Crippen LogP contribution in [0.4, 0.5) is 10.5 Å². The normalized spacial score (nSPS) is 12.9. The summed E-state index contributed by atoms with van der Waals surface area (Å²) in [6.45, 7) is 10.5. The number of anilines is 1. The molecule has 0 atom stereocenters. The van der Waals surface area contributed by atoms with Gasteiger partial charge in [0.05, 0.1) is 35.4 Å². The Morgan fingerprint density at radius 3 is 2.29 bits per heavy atom. The first-order valence-electron chi connectivity index (χ1n) is 13.6. The first kappa shape index (κ1) is 31.7. The van der Waals surface area contributed by atoms with E-state index in [-0.39, 0.29) is 44.0 Å². The van der Waals surface area contributed by atoms with Gasteiger partial charge in [-0.25, -0.2) is 9.80 Å². The molecule has 0 aliphatic carbocycles. The van der Waals surface area contributed by atoms with Gasteiger partial charge >= 0.3 is 6.09 Å². The van der Waals surface area contributed by atoms with Crippen LogP contribution >= 0.6 is 11.6 Å². The number of hydrogen-bond donors (Lipinski definition) is 1. The lowest BCUT2D eigenvalue weighted by atomic mass is 10.1. The Morgan fingerprint density at radius 2 is 1.73 bits per heavy atom. The van der Waals surface area contributed by atoms with E-state index >= 15 is 0 Å². The number of amides is 3. The molecule has 0 saturated carbocycles. The number of hydrogen-bond acceptors (Lipinski definition) is 7. The van der Waals surface area contributed by atoms with Crippen molar-refractivity contribution in [1.82, 2.24) is 20.2 Å². The van der Waals surface area contributed by atoms with Crippen LogP contribution in [0.1, 0.15) is 51.3 Å². The molecule has 3 amide bonds. The average Bonchev–Trinajstić information content (AvgIpc) is 3.33. The molecular weight excluding hydrogens is 544 g/mol. The zero-order chi connectivity index (χ0) is 30.3. The van der Waals surface area contributed by atoms with E-state index in [1.165, 1.54) is 0 Å². The van der Waals surface area contributed by atoms with Gasteiger partial charge in [-0.2, -0.15) is 5.26 Å². The van der Waals surface area contributed by atoms with Crippen LogP contribution in [-0.4, -0.2) is 77.7 Å². The molecule has 0 aromatic heterocycles. The summed E-state index contributed by atoms with van der Waals surface area (Å²) in [4.78, 5) is 42.2. The quantitative estimate of drug-likeness (QED) is 0.448. The second-order valence-corrected chi connectivity index (χ2v) is 11.7. The van der Waals surface area contributed by atoms with Crippen molar-refractivity contribution in [1.29, 1.82) is 5.26 Å². The van der Waals surface area contributed by atoms with E-state index in [1.54, 1.807) is 60.8 Å². The van der Waals surface area contributed by atoms with Crippen LogP contribution in [0.5, 0.6) is 0 Å². The Bertz CT molecular complexity index is 1280. The minimum atomic E-state index is -0.636. The molecule has 0 radical (unpaired) electrons. The van der Waals surface area contributed by atoms with E-state index in [1.807, 2.05) is 43.1 Å². The maximum Gasteiger partial charge on any atom is 0.410 e. The Kier molecular flexibility index (Phi) is 10.6. The highest BCUT2D eigenvalue weighted by Gasteiger charge is 2.28. The zero-order valence-electron chi connectivity index (χ0n) is 24.6. The maximum absolute atomic E-state index is 13.4. The number of carbonyl (C=O) groups excluding carboxylic acids is 3. The Hall–Kier alpha value is -3.81. The van der Waals surface area contributed by atoms with Crippen LogP contribution in [0, 0.1) is 11.3 Å². The number of carbonyl (C=O) groups is 3. The van der Waals surface area contributed by atoms with Crippen molar-refractivity contribution < 1.29 is 19.1 Å². The van der Waals surface area contributed by atoms with E-state index in [0.717, 1.165) is 11.1 Å². The van der Waals surface area contributed by atoms with Crippen molar-refractivity contribution in [2.45, 2.75) is 59.4 Å². The molecule has 1 heterocycles. The Morgan fingerprint density at radius 1 is 1.10 bits per heavy atom. The third-order valence-corrected chi connectivity index (χ3v) is 6.93. The van der Waals surface area contributed by atoms with E-state index in [9.17, 15) is 19.6 Å². The molecule has 41 heavy (non-hydrogen) atoms. The summed E-state index contributed by atoms with van der Waals surface area (Å²) in [5.74, 6) is -0.597. The van der Waals surface area contributed by atoms with Gasteiger partial charge in [0.1, 0.15) is 5.60 Å². The van der Waals surface area contributed by atoms with Crippen LogP contribution in [-0.2, 0) is 27.4 Å². The fourth-order valence-electron chi connectivity index (χ4n) is 4.43. The highest BCUT2D eigenvalue weighted by atomic mass is 35.5. The van der Waals surface area contributed by atoms with Gasteiger partial charge in [-0.1, -0.05) is 35.9 Å². The fraction of sp³-hybridized carbons (Fsp3) is 0.467. The third-order valence-electron chi connectivity index (χ3n) is 6.61. The number of nitrogens with one attached hydrogen (secondary N) is 1. The maximum atomic E-state index is 13.4. The lowest BCUT2D eigenvalue weighted by Gasteiger charge is -2.32. The van der Waals surface area contributed by atoms with Crippen molar-refractivity contribution in [3.63, 3.8) is 0 Å². The van der Waals surface area contributed by atoms with Crippen molar-refractivity contribution in [2.75, 3.05) is 38.1 Å². The summed E-state index contributed by atoms with van der Waals surface area (Å²) >= 11 is 6.47. The van der Waals surface area contributed by atoms with Gasteiger partial charge in [0.15, 0.2) is 0 Å². The molecule has 1 N–H and O–H groups in total. The van der Waals surface area contributed by atoms with Crippen molar-refractivity contribution in [2.24, 2.45) is 0 Å². The molecule has 220 valence electrons. The zero-order valence-corrected chi connectivity index (χ0v) is 25.4. The molecule has 0 unspecified atom stereocenters. The summed E-state index contributed by atoms with van der Waals surface area (Å²) in [7, 11) is 1.71. The van der Waals surface area contributed by atoms with Gasteiger partial charge in [0, 0.05) is 39.3 Å². The van der Waals surface area contributed by atoms with Gasteiger partial charge in [0.25, 0.3) is 5.91 Å². The molecule has 11 heteroatoms. The molecule has 2 aromatic rings. The predicted octanol–water partition coefficient (Wildman–Crippen LogP) is 4.17. The van der Waals surface area contributed by atoms with Crippen molar-refractivity contribution in [3.8, 4) is 6.07 Å². The van der Waals surface area contributed by atoms with Crippen LogP contribution in [0.25, 0.3) is 0 Å². The molecular formula is C30H39ClN6O4. The number of nitrogens with zero attached hydrogens (tertiary/aromatic N) is 5. The van der Waals surface area contributed by atoms with Crippen LogP contribution < -0.4 is 10.2 Å². The first-order valence-corrected chi connectivity index (χ1v) is 14.0. The number of likely N-dealkylation sites (N-methyl/N-ethyl adjacent to an activating group) is 1. The Labute approximate surface area is 247 Å². The highest BCUT2D eigenvalue weighted by Crippen LogP contribution is 2.28. The largest absolute Gasteiger partial charge is 0.444 e. The number of benzene rings is 2. The van der Waals surface area contributed by atoms with Crippen LogP contribution in [0.2, 0.25) is 5.02 Å². The summed E-state index contributed by atoms with van der Waals surface area (Å²) in [6, 6.07) is 14.7. The van der Waals surface area contributed by atoms with Crippen LogP contribution in [0.3, 0.4) is 0 Å². The summed E-state index contributed by atoms with van der Waals surface area (Å²) < 4.78 is 5.48. The molecule has 2 aromatic carbocycles. The number of fused-ring (bicyclic) bond motifs is 1. The third kappa shape index (κ3) is 8.84. The van der Waals surface area contributed by atoms with Gasteiger partial charge in [0.2, 0.25) is 5.91 Å². The smallest absolute Gasteiger partial charge is 0.410 e. The topological polar surface area (TPSA) is 109 Å². The number of rotatable bonds is 10. The molecule has 0 fully saturated rings. The number of halogens is 1. The minimum Gasteiger partial charge on any atom is -0.444 e. The van der Waals surface area contributed by atoms with Crippen LogP contribution in [0.15, 0.2) is 42.5 Å². The molecule has 3 rings (SSSR count). The van der Waals surface area contributed by atoms with E-state index < -0.39 is 11.7 Å². The number of hydrazine groups is 1. The van der Waals surface area contributed by atoms with Gasteiger partial charge < -0.3 is 19.9 Å². The van der Waals surface area contributed by atoms with Crippen molar-refractivity contribution in [3.05, 3.63) is 64.2 Å². The standard InChI is InChI=1S/C30H39ClN6O4/c1-21(2)37(29(40)41-30(3,4)5)14-13-33-27(38)19-35(26-15-22(16-32)11-12-25(26)31)20-28(39)34(6)36-17-23-9-7-8-10-24(23)18-36/h7-12,15,21H,13-14,17-20H2,1-6H3,(H,33,38). The molecule has 1 aliphatic heterocycles. The summed E-state index contributed by atoms with van der Waals surface area (Å²) in [5.41, 5.74) is 2.45. The second-order valence-electron chi connectivity index (χ2n) is 11.3. The lowest BCUT2D eigenvalue weighted by molar-refractivity contribution is -0.145. The van der Waals surface area contributed by atoms with Gasteiger partial charge in [-0.3, -0.25) is 14.6 Å². The summed E-state index contributed by atoms with van der Waals surface area (Å²) in [5, 5.41) is 16.1.